The average molecular weight is 330 g/mol. The maximum atomic E-state index is 12.2. The van der Waals surface area contributed by atoms with Crippen molar-refractivity contribution in [3.63, 3.8) is 0 Å². The van der Waals surface area contributed by atoms with E-state index >= 15 is 0 Å². The van der Waals surface area contributed by atoms with Gasteiger partial charge in [0.1, 0.15) is 5.58 Å². The number of hydrazone groups is 1. The average Bonchev–Trinajstić information content (AvgIpc) is 2.65. The molecule has 0 saturated heterocycles. The van der Waals surface area contributed by atoms with Crippen LogP contribution in [0.2, 0.25) is 0 Å². The second kappa shape index (κ2) is 6.16. The topological polar surface area (TPSA) is 80.4 Å². The molecule has 0 fully saturated rings. The fraction of sp³-hybridized carbons (Fsp3) is 0.0526. The van der Waals surface area contributed by atoms with Gasteiger partial charge in [0.15, 0.2) is 5.82 Å². The molecule has 0 radical (unpaired) electrons. The summed E-state index contributed by atoms with van der Waals surface area (Å²) in [5.41, 5.74) is 3.93. The van der Waals surface area contributed by atoms with Crippen molar-refractivity contribution in [3.05, 3.63) is 76.8 Å². The maximum Gasteiger partial charge on any atom is 0.345 e. The first-order valence-electron chi connectivity index (χ1n) is 7.76. The highest BCUT2D eigenvalue weighted by Gasteiger charge is 2.09. The molecule has 0 atom stereocenters. The summed E-state index contributed by atoms with van der Waals surface area (Å²) in [5.74, 6) is 0.530. The zero-order chi connectivity index (χ0) is 17.2. The van der Waals surface area contributed by atoms with Crippen molar-refractivity contribution in [2.45, 2.75) is 6.92 Å². The number of hydrogen-bond donors (Lipinski definition) is 1. The number of nitrogens with one attached hydrogen (secondary N) is 1. The van der Waals surface area contributed by atoms with Crippen LogP contribution in [0.1, 0.15) is 12.5 Å². The van der Waals surface area contributed by atoms with Crippen molar-refractivity contribution in [1.82, 2.24) is 10.2 Å². The molecule has 0 unspecified atom stereocenters. The van der Waals surface area contributed by atoms with Gasteiger partial charge in [-0.2, -0.15) is 10.2 Å². The Balaban J connectivity index is 1.72. The van der Waals surface area contributed by atoms with E-state index in [9.17, 15) is 4.79 Å². The molecule has 0 aliphatic heterocycles. The van der Waals surface area contributed by atoms with E-state index in [1.807, 2.05) is 42.5 Å². The highest BCUT2D eigenvalue weighted by Crippen LogP contribution is 2.19. The van der Waals surface area contributed by atoms with Gasteiger partial charge in [0, 0.05) is 16.2 Å². The number of rotatable bonds is 3. The highest BCUT2D eigenvalue weighted by atomic mass is 16.4. The van der Waals surface area contributed by atoms with E-state index in [2.05, 4.69) is 20.7 Å². The van der Waals surface area contributed by atoms with Crippen LogP contribution in [0.15, 0.2) is 75.1 Å². The lowest BCUT2D eigenvalue weighted by molar-refractivity contribution is 0.559. The molecule has 0 amide bonds. The minimum atomic E-state index is -0.425. The molecule has 25 heavy (non-hydrogen) atoms. The first kappa shape index (κ1) is 15.0. The van der Waals surface area contributed by atoms with Gasteiger partial charge in [0.2, 0.25) is 0 Å². The summed E-state index contributed by atoms with van der Waals surface area (Å²) in [6, 6.07) is 16.9. The van der Waals surface area contributed by atoms with Gasteiger partial charge in [-0.05, 0) is 19.1 Å². The zero-order valence-electron chi connectivity index (χ0n) is 13.4. The van der Waals surface area contributed by atoms with Gasteiger partial charge in [0.05, 0.1) is 17.5 Å². The van der Waals surface area contributed by atoms with Crippen molar-refractivity contribution in [3.8, 4) is 0 Å². The summed E-state index contributed by atoms with van der Waals surface area (Å²) in [6.45, 7) is 1.74. The van der Waals surface area contributed by atoms with E-state index in [0.29, 0.717) is 22.7 Å². The van der Waals surface area contributed by atoms with Gasteiger partial charge >= 0.3 is 5.63 Å². The van der Waals surface area contributed by atoms with E-state index in [-0.39, 0.29) is 0 Å². The quantitative estimate of drug-likeness (QED) is 0.353. The van der Waals surface area contributed by atoms with Gasteiger partial charge in [-0.3, -0.25) is 5.43 Å². The van der Waals surface area contributed by atoms with Crippen LogP contribution in [-0.4, -0.2) is 15.9 Å². The van der Waals surface area contributed by atoms with Gasteiger partial charge in [-0.1, -0.05) is 42.5 Å². The number of hydrogen-bond acceptors (Lipinski definition) is 6. The maximum absolute atomic E-state index is 12.2. The fourth-order valence-electron chi connectivity index (χ4n) is 2.62. The Morgan fingerprint density at radius 1 is 1.08 bits per heavy atom. The summed E-state index contributed by atoms with van der Waals surface area (Å²) in [6.07, 6.45) is 1.69. The minimum Gasteiger partial charge on any atom is -0.422 e. The molecule has 2 aromatic heterocycles. The second-order valence-corrected chi connectivity index (χ2v) is 5.57. The monoisotopic (exact) mass is 330 g/mol. The Labute approximate surface area is 142 Å². The Morgan fingerprint density at radius 3 is 2.72 bits per heavy atom. The predicted molar refractivity (Wildman–Crippen MR) is 97.9 cm³/mol. The normalized spacial score (nSPS) is 11.8. The number of benzene rings is 2. The van der Waals surface area contributed by atoms with Crippen LogP contribution in [0.25, 0.3) is 21.7 Å². The summed E-state index contributed by atoms with van der Waals surface area (Å²) in [7, 11) is 0. The van der Waals surface area contributed by atoms with E-state index in [4.69, 9.17) is 4.42 Å². The van der Waals surface area contributed by atoms with E-state index in [1.54, 1.807) is 25.3 Å². The molecule has 2 aromatic carbocycles. The Morgan fingerprint density at radius 2 is 1.84 bits per heavy atom. The van der Waals surface area contributed by atoms with Crippen molar-refractivity contribution in [2.24, 2.45) is 5.10 Å². The first-order chi connectivity index (χ1) is 12.2. The van der Waals surface area contributed by atoms with Crippen LogP contribution < -0.4 is 11.1 Å². The molecule has 0 spiro atoms. The molecule has 0 bridgehead atoms. The molecule has 122 valence electrons. The van der Waals surface area contributed by atoms with Crippen molar-refractivity contribution < 1.29 is 4.42 Å². The number of aromatic nitrogens is 2. The van der Waals surface area contributed by atoms with Crippen LogP contribution in [-0.2, 0) is 0 Å². The van der Waals surface area contributed by atoms with E-state index in [0.717, 1.165) is 16.2 Å². The Hall–Kier alpha value is -3.54. The zero-order valence-corrected chi connectivity index (χ0v) is 13.4. The van der Waals surface area contributed by atoms with Crippen molar-refractivity contribution >= 4 is 33.3 Å². The third-order valence-electron chi connectivity index (χ3n) is 3.93. The van der Waals surface area contributed by atoms with Gasteiger partial charge in [0.25, 0.3) is 0 Å². The molecule has 2 heterocycles. The third kappa shape index (κ3) is 2.85. The van der Waals surface area contributed by atoms with E-state index in [1.165, 1.54) is 0 Å². The molecule has 6 nitrogen and oxygen atoms in total. The lowest BCUT2D eigenvalue weighted by Gasteiger charge is -2.05. The van der Waals surface area contributed by atoms with Gasteiger partial charge in [-0.25, -0.2) is 4.79 Å². The van der Waals surface area contributed by atoms with Crippen LogP contribution >= 0.6 is 0 Å². The minimum absolute atomic E-state index is 0.402. The van der Waals surface area contributed by atoms with Crippen molar-refractivity contribution in [1.29, 1.82) is 0 Å². The summed E-state index contributed by atoms with van der Waals surface area (Å²) >= 11 is 0. The summed E-state index contributed by atoms with van der Waals surface area (Å²) < 4.78 is 5.34. The molecule has 0 aliphatic carbocycles. The van der Waals surface area contributed by atoms with Crippen LogP contribution in [0, 0.1) is 0 Å². The summed E-state index contributed by atoms with van der Waals surface area (Å²) in [4.78, 5) is 12.2. The highest BCUT2D eigenvalue weighted by molar-refractivity contribution is 6.01. The second-order valence-electron chi connectivity index (χ2n) is 5.57. The Bertz CT molecular complexity index is 1160. The summed E-state index contributed by atoms with van der Waals surface area (Å²) in [5, 5.41) is 15.0. The van der Waals surface area contributed by atoms with E-state index < -0.39 is 5.63 Å². The van der Waals surface area contributed by atoms with Gasteiger partial charge < -0.3 is 4.42 Å². The fourth-order valence-corrected chi connectivity index (χ4v) is 2.62. The molecule has 4 aromatic rings. The molecular formula is C19H14N4O2. The molecular weight excluding hydrogens is 316 g/mol. The van der Waals surface area contributed by atoms with Crippen LogP contribution in [0.5, 0.6) is 0 Å². The number of fused-ring (bicyclic) bond motifs is 2. The molecule has 0 saturated carbocycles. The third-order valence-corrected chi connectivity index (χ3v) is 3.93. The predicted octanol–water partition coefficient (Wildman–Crippen LogP) is 3.57. The lowest BCUT2D eigenvalue weighted by atomic mass is 10.1. The SMILES string of the molecule is C/C(=N\Nc1nncc2ccccc12)c1cc2ccccc2oc1=O. The van der Waals surface area contributed by atoms with Crippen molar-refractivity contribution in [2.75, 3.05) is 5.43 Å². The lowest BCUT2D eigenvalue weighted by Crippen LogP contribution is -2.13. The van der Waals surface area contributed by atoms with Gasteiger partial charge in [-0.15, -0.1) is 5.10 Å². The van der Waals surface area contributed by atoms with Crippen LogP contribution in [0.4, 0.5) is 5.82 Å². The number of nitrogens with zero attached hydrogens (tertiary/aromatic N) is 3. The largest absolute Gasteiger partial charge is 0.422 e. The van der Waals surface area contributed by atoms with Crippen LogP contribution in [0.3, 0.4) is 0 Å². The standard InChI is InChI=1S/C19H14N4O2/c1-12(16-10-13-6-3-5-9-17(13)25-19(16)24)21-23-18-15-8-4-2-7-14(15)11-20-22-18/h2-11H,1H3,(H,22,23)/b21-12+. The smallest absolute Gasteiger partial charge is 0.345 e. The molecule has 6 heteroatoms. The number of para-hydroxylation sites is 1. The molecule has 4 rings (SSSR count). The molecule has 0 aliphatic rings. The Kier molecular flexibility index (Phi) is 3.70. The first-order valence-corrected chi connectivity index (χ1v) is 7.76. The molecule has 1 N–H and O–H groups in total. The number of anilines is 1.